The molecule has 1 heterocycles. The van der Waals surface area contributed by atoms with Crippen molar-refractivity contribution < 1.29 is 9.72 Å². The highest BCUT2D eigenvalue weighted by molar-refractivity contribution is 7.15. The van der Waals surface area contributed by atoms with Crippen LogP contribution >= 0.6 is 11.3 Å². The minimum absolute atomic E-state index is 0.0953. The van der Waals surface area contributed by atoms with E-state index in [1.807, 2.05) is 0 Å². The molecule has 9 heteroatoms. The lowest BCUT2D eigenvalue weighted by Crippen LogP contribution is -2.13. The summed E-state index contributed by atoms with van der Waals surface area (Å²) in [5.41, 5.74) is 0.575. The third-order valence-corrected chi connectivity index (χ3v) is 4.97. The van der Waals surface area contributed by atoms with Crippen LogP contribution in [-0.2, 0) is 6.42 Å². The van der Waals surface area contributed by atoms with Crippen molar-refractivity contribution in [1.29, 1.82) is 0 Å². The molecular weight excluding hydrogens is 354 g/mol. The van der Waals surface area contributed by atoms with Crippen molar-refractivity contribution in [3.63, 3.8) is 0 Å². The number of nitrogens with zero attached hydrogens (tertiary/aromatic N) is 3. The zero-order chi connectivity index (χ0) is 18.5. The van der Waals surface area contributed by atoms with Crippen molar-refractivity contribution in [3.8, 4) is 0 Å². The Morgan fingerprint density at radius 2 is 2.15 bits per heavy atom. The SMILES string of the molecule is CCCCCc1nnc(NC(=O)c2ccc(NC3CC3)c([N+](=O)[O-])c2)s1. The summed E-state index contributed by atoms with van der Waals surface area (Å²) in [5, 5.41) is 26.4. The highest BCUT2D eigenvalue weighted by Crippen LogP contribution is 2.31. The maximum atomic E-state index is 12.4. The van der Waals surface area contributed by atoms with Gasteiger partial charge in [-0.25, -0.2) is 0 Å². The molecule has 1 aromatic heterocycles. The van der Waals surface area contributed by atoms with Gasteiger partial charge in [0.15, 0.2) is 0 Å². The molecule has 3 rings (SSSR count). The minimum Gasteiger partial charge on any atom is -0.377 e. The second-order valence-electron chi connectivity index (χ2n) is 6.32. The van der Waals surface area contributed by atoms with Gasteiger partial charge in [-0.15, -0.1) is 10.2 Å². The summed E-state index contributed by atoms with van der Waals surface area (Å²) in [6.07, 6.45) is 6.17. The second-order valence-corrected chi connectivity index (χ2v) is 7.38. The normalized spacial score (nSPS) is 13.4. The Morgan fingerprint density at radius 1 is 1.35 bits per heavy atom. The number of amides is 1. The largest absolute Gasteiger partial charge is 0.377 e. The fourth-order valence-corrected chi connectivity index (χ4v) is 3.27. The number of aryl methyl sites for hydroxylation is 1. The zero-order valence-corrected chi connectivity index (χ0v) is 15.3. The Bertz CT molecular complexity index is 803. The van der Waals surface area contributed by atoms with E-state index < -0.39 is 10.8 Å². The molecule has 26 heavy (non-hydrogen) atoms. The van der Waals surface area contributed by atoms with Crippen LogP contribution in [0.25, 0.3) is 0 Å². The van der Waals surface area contributed by atoms with Gasteiger partial charge in [-0.1, -0.05) is 31.1 Å². The second kappa shape index (κ2) is 8.22. The van der Waals surface area contributed by atoms with Crippen molar-refractivity contribution >= 4 is 33.8 Å². The molecule has 0 atom stereocenters. The van der Waals surface area contributed by atoms with Gasteiger partial charge in [0.2, 0.25) is 5.13 Å². The number of aromatic nitrogens is 2. The molecule has 2 N–H and O–H groups in total. The van der Waals surface area contributed by atoms with Crippen LogP contribution in [0.15, 0.2) is 18.2 Å². The fourth-order valence-electron chi connectivity index (χ4n) is 2.49. The van der Waals surface area contributed by atoms with Crippen molar-refractivity contribution in [2.45, 2.75) is 51.5 Å². The molecule has 0 radical (unpaired) electrons. The standard InChI is InChI=1S/C17H21N5O3S/c1-2-3-4-5-15-20-21-17(26-15)19-16(23)11-6-9-13(18-12-7-8-12)14(10-11)22(24)25/h6,9-10,12,18H,2-5,7-8H2,1H3,(H,19,21,23). The molecule has 1 aliphatic carbocycles. The van der Waals surface area contributed by atoms with Crippen molar-refractivity contribution in [1.82, 2.24) is 10.2 Å². The number of anilines is 2. The van der Waals surface area contributed by atoms with Crippen LogP contribution in [0.4, 0.5) is 16.5 Å². The van der Waals surface area contributed by atoms with Gasteiger partial charge < -0.3 is 5.32 Å². The lowest BCUT2D eigenvalue weighted by molar-refractivity contribution is -0.384. The van der Waals surface area contributed by atoms with Crippen LogP contribution in [0, 0.1) is 10.1 Å². The van der Waals surface area contributed by atoms with Crippen LogP contribution in [0.1, 0.15) is 54.4 Å². The van der Waals surface area contributed by atoms with Crippen LogP contribution in [-0.4, -0.2) is 27.1 Å². The number of rotatable bonds is 9. The first kappa shape index (κ1) is 18.2. The molecule has 2 aromatic rings. The molecule has 1 aromatic carbocycles. The smallest absolute Gasteiger partial charge is 0.293 e. The highest BCUT2D eigenvalue weighted by atomic mass is 32.1. The molecule has 1 fully saturated rings. The Kier molecular flexibility index (Phi) is 5.77. The molecular formula is C17H21N5O3S. The number of carbonyl (C=O) groups excluding carboxylic acids is 1. The number of unbranched alkanes of at least 4 members (excludes halogenated alkanes) is 2. The summed E-state index contributed by atoms with van der Waals surface area (Å²) in [4.78, 5) is 23.2. The van der Waals surface area contributed by atoms with E-state index in [0.717, 1.165) is 43.5 Å². The first-order valence-corrected chi connectivity index (χ1v) is 9.57. The minimum atomic E-state index is -0.474. The molecule has 138 valence electrons. The van der Waals surface area contributed by atoms with E-state index in [0.29, 0.717) is 16.9 Å². The van der Waals surface area contributed by atoms with Gasteiger partial charge in [0.05, 0.1) is 4.92 Å². The topological polar surface area (TPSA) is 110 Å². The lowest BCUT2D eigenvalue weighted by atomic mass is 10.1. The van der Waals surface area contributed by atoms with Gasteiger partial charge in [0.1, 0.15) is 10.7 Å². The Hall–Kier alpha value is -2.55. The zero-order valence-electron chi connectivity index (χ0n) is 14.5. The van der Waals surface area contributed by atoms with Crippen molar-refractivity contribution in [2.24, 2.45) is 0 Å². The number of nitro benzene ring substituents is 1. The fraction of sp³-hybridized carbons (Fsp3) is 0.471. The summed E-state index contributed by atoms with van der Waals surface area (Å²) in [6.45, 7) is 2.14. The van der Waals surface area contributed by atoms with E-state index in [1.54, 1.807) is 12.1 Å². The number of benzene rings is 1. The number of carbonyl (C=O) groups is 1. The average molecular weight is 375 g/mol. The summed E-state index contributed by atoms with van der Waals surface area (Å²) in [5.74, 6) is -0.428. The van der Waals surface area contributed by atoms with Crippen molar-refractivity contribution in [2.75, 3.05) is 10.6 Å². The summed E-state index contributed by atoms with van der Waals surface area (Å²) in [7, 11) is 0. The van der Waals surface area contributed by atoms with E-state index >= 15 is 0 Å². The molecule has 0 unspecified atom stereocenters. The first-order chi connectivity index (χ1) is 12.6. The molecule has 0 aliphatic heterocycles. The summed E-state index contributed by atoms with van der Waals surface area (Å²) in [6, 6.07) is 4.75. The molecule has 0 bridgehead atoms. The highest BCUT2D eigenvalue weighted by Gasteiger charge is 2.25. The van der Waals surface area contributed by atoms with E-state index in [-0.39, 0.29) is 11.3 Å². The van der Waals surface area contributed by atoms with Gasteiger partial charge >= 0.3 is 0 Å². The Morgan fingerprint density at radius 3 is 2.85 bits per heavy atom. The molecule has 0 saturated heterocycles. The number of hydrogen-bond donors (Lipinski definition) is 2. The average Bonchev–Trinajstić information content (AvgIpc) is 3.33. The van der Waals surface area contributed by atoms with E-state index in [9.17, 15) is 14.9 Å². The van der Waals surface area contributed by atoms with Crippen LogP contribution < -0.4 is 10.6 Å². The summed E-state index contributed by atoms with van der Waals surface area (Å²) >= 11 is 1.34. The molecule has 1 amide bonds. The predicted octanol–water partition coefficient (Wildman–Crippen LogP) is 4.01. The molecule has 1 saturated carbocycles. The maximum Gasteiger partial charge on any atom is 0.293 e. The third-order valence-electron chi connectivity index (χ3n) is 4.08. The molecule has 8 nitrogen and oxygen atoms in total. The maximum absolute atomic E-state index is 12.4. The van der Waals surface area contributed by atoms with Crippen LogP contribution in [0.5, 0.6) is 0 Å². The van der Waals surface area contributed by atoms with Crippen molar-refractivity contribution in [3.05, 3.63) is 38.9 Å². The first-order valence-electron chi connectivity index (χ1n) is 8.75. The number of nitrogens with one attached hydrogen (secondary N) is 2. The predicted molar refractivity (Wildman–Crippen MR) is 101 cm³/mol. The lowest BCUT2D eigenvalue weighted by Gasteiger charge is -2.07. The van der Waals surface area contributed by atoms with Gasteiger partial charge in [0, 0.05) is 24.1 Å². The quantitative estimate of drug-likeness (QED) is 0.389. The van der Waals surface area contributed by atoms with Crippen LogP contribution in [0.3, 0.4) is 0 Å². The third kappa shape index (κ3) is 4.75. The van der Waals surface area contributed by atoms with Gasteiger partial charge in [0.25, 0.3) is 11.6 Å². The molecule has 0 spiro atoms. The Labute approximate surface area is 155 Å². The number of nitro groups is 1. The van der Waals surface area contributed by atoms with Gasteiger partial charge in [-0.2, -0.15) is 0 Å². The monoisotopic (exact) mass is 375 g/mol. The number of hydrogen-bond acceptors (Lipinski definition) is 7. The van der Waals surface area contributed by atoms with E-state index in [2.05, 4.69) is 27.8 Å². The van der Waals surface area contributed by atoms with Gasteiger partial charge in [-0.05, 0) is 31.4 Å². The Balaban J connectivity index is 1.67. The van der Waals surface area contributed by atoms with E-state index in [4.69, 9.17) is 0 Å². The van der Waals surface area contributed by atoms with Crippen LogP contribution in [0.2, 0.25) is 0 Å². The van der Waals surface area contributed by atoms with Gasteiger partial charge in [-0.3, -0.25) is 20.2 Å². The molecule has 1 aliphatic rings. The summed E-state index contributed by atoms with van der Waals surface area (Å²) < 4.78 is 0. The van der Waals surface area contributed by atoms with E-state index in [1.165, 1.54) is 17.4 Å².